The number of rotatable bonds is 9. The van der Waals surface area contributed by atoms with Crippen molar-refractivity contribution in [3.63, 3.8) is 0 Å². The lowest BCUT2D eigenvalue weighted by atomic mass is 9.95. The van der Waals surface area contributed by atoms with Gasteiger partial charge >= 0.3 is 0 Å². The van der Waals surface area contributed by atoms with Crippen molar-refractivity contribution in [1.29, 1.82) is 0 Å². The van der Waals surface area contributed by atoms with E-state index in [-0.39, 0.29) is 17.8 Å². The summed E-state index contributed by atoms with van der Waals surface area (Å²) in [5.74, 6) is 0.561. The van der Waals surface area contributed by atoms with Gasteiger partial charge in [0.1, 0.15) is 0 Å². The van der Waals surface area contributed by atoms with E-state index in [9.17, 15) is 9.59 Å². The fourth-order valence-corrected chi connectivity index (χ4v) is 5.07. The average Bonchev–Trinajstić information content (AvgIpc) is 3.21. The van der Waals surface area contributed by atoms with Crippen LogP contribution >= 0.6 is 11.6 Å². The van der Waals surface area contributed by atoms with Crippen LogP contribution in [-0.2, 0) is 11.3 Å². The molecule has 1 aromatic heterocycles. The number of likely N-dealkylation sites (tertiary alicyclic amines) is 1. The number of amides is 1. The molecule has 0 N–H and O–H groups in total. The van der Waals surface area contributed by atoms with Crippen molar-refractivity contribution in [3.8, 4) is 0 Å². The van der Waals surface area contributed by atoms with Crippen LogP contribution in [0.5, 0.6) is 0 Å². The number of ketones is 1. The second-order valence-electron chi connectivity index (χ2n) is 10.1. The first-order chi connectivity index (χ1) is 16.9. The lowest BCUT2D eigenvalue weighted by Crippen LogP contribution is -2.51. The van der Waals surface area contributed by atoms with Gasteiger partial charge in [0.2, 0.25) is 0 Å². The van der Waals surface area contributed by atoms with Gasteiger partial charge in [-0.2, -0.15) is 5.10 Å². The number of ether oxygens (including phenoxy) is 1. The van der Waals surface area contributed by atoms with Crippen molar-refractivity contribution in [2.45, 2.75) is 64.7 Å². The van der Waals surface area contributed by atoms with E-state index in [0.717, 1.165) is 47.8 Å². The van der Waals surface area contributed by atoms with Crippen molar-refractivity contribution < 1.29 is 14.3 Å². The predicted octanol–water partition coefficient (Wildman–Crippen LogP) is 5.69. The van der Waals surface area contributed by atoms with Gasteiger partial charge in [-0.3, -0.25) is 14.3 Å². The molecule has 7 heteroatoms. The Hall–Kier alpha value is -2.70. The summed E-state index contributed by atoms with van der Waals surface area (Å²) in [5.41, 5.74) is 3.32. The first kappa shape index (κ1) is 24.0. The number of hydrogen-bond donors (Lipinski definition) is 0. The zero-order valence-corrected chi connectivity index (χ0v) is 21.1. The van der Waals surface area contributed by atoms with Crippen LogP contribution in [0.15, 0.2) is 42.6 Å². The Bertz CT molecular complexity index is 1230. The fourth-order valence-electron chi connectivity index (χ4n) is 4.94. The molecule has 2 aliphatic rings. The zero-order chi connectivity index (χ0) is 24.5. The molecule has 1 aliphatic carbocycles. The highest BCUT2D eigenvalue weighted by molar-refractivity contribution is 6.30. The maximum atomic E-state index is 12.9. The number of carbonyl (C=O) groups excluding carboxylic acids is 2. The van der Waals surface area contributed by atoms with Gasteiger partial charge in [-0.25, -0.2) is 0 Å². The summed E-state index contributed by atoms with van der Waals surface area (Å²) in [6, 6.07) is 10.9. The minimum absolute atomic E-state index is 0.0370. The van der Waals surface area contributed by atoms with Crippen LogP contribution in [0.1, 0.15) is 65.3 Å². The Kier molecular flexibility index (Phi) is 6.94. The number of nitrogens with zero attached hydrogens (tertiary/aromatic N) is 3. The summed E-state index contributed by atoms with van der Waals surface area (Å²) in [7, 11) is 0. The topological polar surface area (TPSA) is 64.4 Å². The molecule has 0 bridgehead atoms. The van der Waals surface area contributed by atoms with E-state index in [4.69, 9.17) is 21.4 Å². The summed E-state index contributed by atoms with van der Waals surface area (Å²) in [6.45, 7) is 6.24. The monoisotopic (exact) mass is 493 g/mol. The van der Waals surface area contributed by atoms with Crippen molar-refractivity contribution in [2.24, 2.45) is 5.92 Å². The molecule has 2 aromatic carbocycles. The number of aryl methyl sites for hydroxylation is 1. The Morgan fingerprint density at radius 2 is 1.89 bits per heavy atom. The third kappa shape index (κ3) is 5.29. The van der Waals surface area contributed by atoms with E-state index in [1.807, 2.05) is 34.8 Å². The van der Waals surface area contributed by atoms with Crippen molar-refractivity contribution in [3.05, 3.63) is 64.3 Å². The quantitative estimate of drug-likeness (QED) is 0.359. The maximum absolute atomic E-state index is 12.9. The molecule has 184 valence electrons. The Labute approximate surface area is 211 Å². The number of Topliss-reactive ketones (excluding diaryl/α,β-unsaturated/α-hetero) is 1. The predicted molar refractivity (Wildman–Crippen MR) is 137 cm³/mol. The van der Waals surface area contributed by atoms with Crippen molar-refractivity contribution in [1.82, 2.24) is 14.7 Å². The van der Waals surface area contributed by atoms with Crippen LogP contribution < -0.4 is 0 Å². The molecule has 3 aromatic rings. The molecule has 2 fully saturated rings. The van der Waals surface area contributed by atoms with E-state index < -0.39 is 0 Å². The van der Waals surface area contributed by atoms with Gasteiger partial charge in [-0.1, -0.05) is 11.6 Å². The highest BCUT2D eigenvalue weighted by Gasteiger charge is 2.31. The average molecular weight is 494 g/mol. The summed E-state index contributed by atoms with van der Waals surface area (Å²) in [6.07, 6.45) is 7.34. The molecule has 0 spiro atoms. The number of hydrogen-bond acceptors (Lipinski definition) is 4. The molecular formula is C28H32ClN3O3. The van der Waals surface area contributed by atoms with Gasteiger partial charge in [-0.05, 0) is 81.5 Å². The molecule has 1 aliphatic heterocycles. The smallest absolute Gasteiger partial charge is 0.253 e. The van der Waals surface area contributed by atoms with Gasteiger partial charge in [0.15, 0.2) is 5.78 Å². The number of fused-ring (bicyclic) bond motifs is 1. The third-order valence-corrected chi connectivity index (χ3v) is 7.59. The van der Waals surface area contributed by atoms with Crippen molar-refractivity contribution in [2.75, 3.05) is 13.1 Å². The molecule has 5 rings (SSSR count). The molecule has 1 saturated heterocycles. The summed E-state index contributed by atoms with van der Waals surface area (Å²) < 4.78 is 7.94. The van der Waals surface area contributed by atoms with E-state index >= 15 is 0 Å². The molecule has 1 saturated carbocycles. The van der Waals surface area contributed by atoms with Crippen LogP contribution in [0.3, 0.4) is 0 Å². The van der Waals surface area contributed by atoms with Gasteiger partial charge in [0, 0.05) is 59.7 Å². The highest BCUT2D eigenvalue weighted by atomic mass is 35.5. The Morgan fingerprint density at radius 1 is 1.14 bits per heavy atom. The molecule has 0 radical (unpaired) electrons. The maximum Gasteiger partial charge on any atom is 0.253 e. The molecule has 6 nitrogen and oxygen atoms in total. The highest BCUT2D eigenvalue weighted by Crippen LogP contribution is 2.27. The largest absolute Gasteiger partial charge is 0.375 e. The second-order valence-corrected chi connectivity index (χ2v) is 10.5. The fraction of sp³-hybridized carbons (Fsp3) is 0.464. The van der Waals surface area contributed by atoms with Crippen molar-refractivity contribution >= 4 is 34.2 Å². The molecule has 1 amide bonds. The zero-order valence-electron chi connectivity index (χ0n) is 20.4. The Balaban J connectivity index is 1.17. The number of benzene rings is 2. The van der Waals surface area contributed by atoms with E-state index in [0.29, 0.717) is 42.1 Å². The first-order valence-electron chi connectivity index (χ1n) is 12.6. The number of halogens is 1. The molecular weight excluding hydrogens is 462 g/mol. The van der Waals surface area contributed by atoms with Crippen LogP contribution in [0.2, 0.25) is 5.02 Å². The lowest BCUT2D eigenvalue weighted by Gasteiger charge is -2.39. The molecule has 2 heterocycles. The van der Waals surface area contributed by atoms with Gasteiger partial charge in [-0.15, -0.1) is 0 Å². The summed E-state index contributed by atoms with van der Waals surface area (Å²) >= 11 is 5.92. The first-order valence-corrected chi connectivity index (χ1v) is 13.0. The van der Waals surface area contributed by atoms with E-state index in [1.165, 1.54) is 6.42 Å². The standard InChI is InChI=1S/C28H32ClN3O3/c1-18(35-23-4-3-5-23)6-13-27(33)24-11-12-26-25(19(24)2)17-32(30-26)16-20-14-31(15-20)28(34)21-7-9-22(29)10-8-21/h7-12,17-18,20,23H,3-6,13-16H2,1-2H3. The van der Waals surface area contributed by atoms with Gasteiger partial charge in [0.25, 0.3) is 5.91 Å². The van der Waals surface area contributed by atoms with E-state index in [2.05, 4.69) is 6.92 Å². The summed E-state index contributed by atoms with van der Waals surface area (Å²) in [4.78, 5) is 27.4. The van der Waals surface area contributed by atoms with Crippen LogP contribution in [0, 0.1) is 12.8 Å². The Morgan fingerprint density at radius 3 is 2.57 bits per heavy atom. The normalized spacial score (nSPS) is 17.3. The minimum atomic E-state index is 0.0370. The van der Waals surface area contributed by atoms with Crippen LogP contribution in [-0.4, -0.2) is 51.7 Å². The second kappa shape index (κ2) is 10.1. The SMILES string of the molecule is Cc1c(C(=O)CCC(C)OC2CCC2)ccc2nn(CC3CN(C(=O)c4ccc(Cl)cc4)C3)cc12. The van der Waals surface area contributed by atoms with Gasteiger partial charge in [0.05, 0.1) is 17.7 Å². The molecule has 1 atom stereocenters. The minimum Gasteiger partial charge on any atom is -0.375 e. The summed E-state index contributed by atoms with van der Waals surface area (Å²) in [5, 5.41) is 6.37. The van der Waals surface area contributed by atoms with Crippen LogP contribution in [0.4, 0.5) is 0 Å². The number of carbonyl (C=O) groups is 2. The van der Waals surface area contributed by atoms with E-state index in [1.54, 1.807) is 24.3 Å². The lowest BCUT2D eigenvalue weighted by molar-refractivity contribution is -0.0458. The van der Waals surface area contributed by atoms with Gasteiger partial charge < -0.3 is 9.64 Å². The number of aromatic nitrogens is 2. The molecule has 35 heavy (non-hydrogen) atoms. The molecule has 1 unspecified atom stereocenters. The van der Waals surface area contributed by atoms with Crippen LogP contribution in [0.25, 0.3) is 10.9 Å². The third-order valence-electron chi connectivity index (χ3n) is 7.34.